The fraction of sp³-hybridized carbons (Fsp3) is 1.00. The first-order valence-electron chi connectivity index (χ1n) is 5.10. The fourth-order valence-electron chi connectivity index (χ4n) is 1.52. The van der Waals surface area contributed by atoms with E-state index in [0.29, 0.717) is 0 Å². The predicted molar refractivity (Wildman–Crippen MR) is 49.7 cm³/mol. The normalized spacial score (nSPS) is 18.8. The Balaban J connectivity index is 1.99. The van der Waals surface area contributed by atoms with Crippen LogP contribution in [0.2, 0.25) is 0 Å². The molecule has 11 heavy (non-hydrogen) atoms. The van der Waals surface area contributed by atoms with Gasteiger partial charge >= 0.3 is 0 Å². The molecule has 0 aromatic heterocycles. The van der Waals surface area contributed by atoms with Gasteiger partial charge in [-0.25, -0.2) is 0 Å². The van der Waals surface area contributed by atoms with E-state index in [0.717, 1.165) is 12.0 Å². The average Bonchev–Trinajstić information content (AvgIpc) is 1.95. The van der Waals surface area contributed by atoms with Crippen LogP contribution in [0.25, 0.3) is 0 Å². The number of hydrogen-bond donors (Lipinski definition) is 1. The van der Waals surface area contributed by atoms with Gasteiger partial charge in [0.1, 0.15) is 0 Å². The van der Waals surface area contributed by atoms with Gasteiger partial charge in [0.25, 0.3) is 0 Å². The van der Waals surface area contributed by atoms with E-state index in [2.05, 4.69) is 19.2 Å². The highest BCUT2D eigenvalue weighted by Crippen LogP contribution is 2.18. The van der Waals surface area contributed by atoms with Gasteiger partial charge in [0.15, 0.2) is 0 Å². The van der Waals surface area contributed by atoms with Crippen LogP contribution < -0.4 is 5.32 Å². The van der Waals surface area contributed by atoms with Crippen LogP contribution in [-0.4, -0.2) is 12.6 Å². The third-order valence-corrected chi connectivity index (χ3v) is 2.96. The van der Waals surface area contributed by atoms with Crippen LogP contribution in [0.4, 0.5) is 0 Å². The zero-order valence-electron chi connectivity index (χ0n) is 7.90. The molecule has 0 atom stereocenters. The van der Waals surface area contributed by atoms with E-state index in [9.17, 15) is 0 Å². The van der Waals surface area contributed by atoms with Crippen molar-refractivity contribution in [2.45, 2.75) is 52.0 Å². The van der Waals surface area contributed by atoms with Crippen molar-refractivity contribution >= 4 is 0 Å². The molecule has 0 radical (unpaired) electrons. The molecule has 0 saturated heterocycles. The average molecular weight is 155 g/mol. The van der Waals surface area contributed by atoms with Crippen LogP contribution in [-0.2, 0) is 0 Å². The van der Waals surface area contributed by atoms with Gasteiger partial charge in [0, 0.05) is 6.04 Å². The van der Waals surface area contributed by atoms with Crippen LogP contribution >= 0.6 is 0 Å². The standard InChI is InChI=1S/C10H21N/c1-3-9(4-2)8-11-10-6-5-7-10/h9-11H,3-8H2,1-2H3. The summed E-state index contributed by atoms with van der Waals surface area (Å²) in [6, 6.07) is 0.871. The van der Waals surface area contributed by atoms with Crippen molar-refractivity contribution in [3.8, 4) is 0 Å². The highest BCUT2D eigenvalue weighted by molar-refractivity contribution is 4.77. The van der Waals surface area contributed by atoms with Crippen LogP contribution in [0, 0.1) is 5.92 Å². The molecule has 0 aromatic rings. The van der Waals surface area contributed by atoms with Gasteiger partial charge < -0.3 is 5.32 Å². The fourth-order valence-corrected chi connectivity index (χ4v) is 1.52. The Morgan fingerprint density at radius 2 is 1.91 bits per heavy atom. The molecule has 1 aliphatic rings. The van der Waals surface area contributed by atoms with Crippen molar-refractivity contribution in [2.75, 3.05) is 6.54 Å². The van der Waals surface area contributed by atoms with Crippen LogP contribution in [0.5, 0.6) is 0 Å². The molecule has 1 heteroatoms. The Labute approximate surface area is 70.6 Å². The molecule has 0 amide bonds. The maximum Gasteiger partial charge on any atom is 0.00671 e. The first-order chi connectivity index (χ1) is 5.36. The van der Waals surface area contributed by atoms with Crippen molar-refractivity contribution < 1.29 is 0 Å². The van der Waals surface area contributed by atoms with Gasteiger partial charge in [-0.05, 0) is 25.3 Å². The van der Waals surface area contributed by atoms with Gasteiger partial charge in [-0.15, -0.1) is 0 Å². The Kier molecular flexibility index (Phi) is 3.92. The van der Waals surface area contributed by atoms with Gasteiger partial charge in [0.2, 0.25) is 0 Å². The predicted octanol–water partition coefficient (Wildman–Crippen LogP) is 2.56. The summed E-state index contributed by atoms with van der Waals surface area (Å²) >= 11 is 0. The lowest BCUT2D eigenvalue weighted by atomic mass is 9.92. The van der Waals surface area contributed by atoms with Gasteiger partial charge in [0.05, 0.1) is 0 Å². The maximum absolute atomic E-state index is 3.62. The molecule has 1 saturated carbocycles. The summed E-state index contributed by atoms with van der Waals surface area (Å²) in [4.78, 5) is 0. The van der Waals surface area contributed by atoms with Gasteiger partial charge in [-0.3, -0.25) is 0 Å². The molecule has 1 rings (SSSR count). The van der Waals surface area contributed by atoms with Crippen molar-refractivity contribution in [3.63, 3.8) is 0 Å². The zero-order chi connectivity index (χ0) is 8.10. The smallest absolute Gasteiger partial charge is 0.00671 e. The molecular weight excluding hydrogens is 134 g/mol. The summed E-state index contributed by atoms with van der Waals surface area (Å²) in [6.45, 7) is 5.82. The summed E-state index contributed by atoms with van der Waals surface area (Å²) in [6.07, 6.45) is 6.94. The lowest BCUT2D eigenvalue weighted by molar-refractivity contribution is 0.310. The third-order valence-electron chi connectivity index (χ3n) is 2.96. The summed E-state index contributed by atoms with van der Waals surface area (Å²) < 4.78 is 0. The molecule has 1 N–H and O–H groups in total. The third kappa shape index (κ3) is 2.82. The van der Waals surface area contributed by atoms with Crippen molar-refractivity contribution in [3.05, 3.63) is 0 Å². The summed E-state index contributed by atoms with van der Waals surface area (Å²) in [7, 11) is 0. The van der Waals surface area contributed by atoms with Crippen molar-refractivity contribution in [1.82, 2.24) is 5.32 Å². The molecule has 0 aromatic carbocycles. The topological polar surface area (TPSA) is 12.0 Å². The van der Waals surface area contributed by atoms with Gasteiger partial charge in [-0.2, -0.15) is 0 Å². The van der Waals surface area contributed by atoms with E-state index in [-0.39, 0.29) is 0 Å². The SMILES string of the molecule is CCC(CC)CNC1CCC1. The first-order valence-corrected chi connectivity index (χ1v) is 5.10. The Bertz CT molecular complexity index is 93.0. The lowest BCUT2D eigenvalue weighted by Crippen LogP contribution is -2.37. The van der Waals surface area contributed by atoms with Crippen molar-refractivity contribution in [2.24, 2.45) is 5.92 Å². The summed E-state index contributed by atoms with van der Waals surface area (Å²) in [5.41, 5.74) is 0. The number of nitrogens with one attached hydrogen (secondary N) is 1. The Morgan fingerprint density at radius 1 is 1.27 bits per heavy atom. The molecule has 1 nitrogen and oxygen atoms in total. The molecule has 0 unspecified atom stereocenters. The van der Waals surface area contributed by atoms with E-state index in [1.165, 1.54) is 38.6 Å². The quantitative estimate of drug-likeness (QED) is 0.643. The van der Waals surface area contributed by atoms with Crippen LogP contribution in [0.3, 0.4) is 0 Å². The second-order valence-electron chi connectivity index (χ2n) is 3.72. The van der Waals surface area contributed by atoms with Crippen molar-refractivity contribution in [1.29, 1.82) is 0 Å². The van der Waals surface area contributed by atoms with E-state index in [1.807, 2.05) is 0 Å². The second-order valence-corrected chi connectivity index (χ2v) is 3.72. The summed E-state index contributed by atoms with van der Waals surface area (Å²) in [5.74, 6) is 0.913. The highest BCUT2D eigenvalue weighted by atomic mass is 14.9. The minimum Gasteiger partial charge on any atom is -0.314 e. The van der Waals surface area contributed by atoms with E-state index in [4.69, 9.17) is 0 Å². The molecule has 0 aliphatic heterocycles. The molecule has 0 heterocycles. The van der Waals surface area contributed by atoms with Crippen LogP contribution in [0.15, 0.2) is 0 Å². The highest BCUT2D eigenvalue weighted by Gasteiger charge is 2.17. The van der Waals surface area contributed by atoms with Gasteiger partial charge in [-0.1, -0.05) is 33.1 Å². The lowest BCUT2D eigenvalue weighted by Gasteiger charge is -2.28. The molecule has 66 valence electrons. The maximum atomic E-state index is 3.62. The number of hydrogen-bond acceptors (Lipinski definition) is 1. The first kappa shape index (κ1) is 9.05. The minimum atomic E-state index is 0.871. The number of rotatable bonds is 5. The Hall–Kier alpha value is -0.0400. The molecule has 0 spiro atoms. The zero-order valence-corrected chi connectivity index (χ0v) is 7.90. The summed E-state index contributed by atoms with van der Waals surface area (Å²) in [5, 5.41) is 3.62. The largest absolute Gasteiger partial charge is 0.314 e. The molecule has 0 bridgehead atoms. The second kappa shape index (κ2) is 4.76. The van der Waals surface area contributed by atoms with E-state index in [1.54, 1.807) is 0 Å². The molecule has 1 fully saturated rings. The minimum absolute atomic E-state index is 0.871. The van der Waals surface area contributed by atoms with Crippen LogP contribution in [0.1, 0.15) is 46.0 Å². The Morgan fingerprint density at radius 3 is 2.27 bits per heavy atom. The molecule has 1 aliphatic carbocycles. The monoisotopic (exact) mass is 155 g/mol. The van der Waals surface area contributed by atoms with E-state index >= 15 is 0 Å². The van der Waals surface area contributed by atoms with E-state index < -0.39 is 0 Å². The molecular formula is C10H21N.